The molecule has 0 unspecified atom stereocenters. The summed E-state index contributed by atoms with van der Waals surface area (Å²) in [6, 6.07) is -0.644. The van der Waals surface area contributed by atoms with Crippen LogP contribution < -0.4 is 27.4 Å². The molecule has 0 aliphatic heterocycles. The Labute approximate surface area is 545 Å². The van der Waals surface area contributed by atoms with Crippen molar-refractivity contribution in [3.63, 3.8) is 0 Å². The van der Waals surface area contributed by atoms with Crippen molar-refractivity contribution in [3.8, 4) is 0 Å². The molecule has 542 valence electrons. The fourth-order valence-corrected chi connectivity index (χ4v) is 5.77. The van der Waals surface area contributed by atoms with Crippen LogP contribution in [-0.2, 0) is 110 Å². The van der Waals surface area contributed by atoms with E-state index in [0.717, 1.165) is 25.7 Å². The van der Waals surface area contributed by atoms with Crippen molar-refractivity contribution in [1.82, 2.24) is 16.0 Å². The minimum atomic E-state index is -0.946. The van der Waals surface area contributed by atoms with Gasteiger partial charge in [0.15, 0.2) is 0 Å². The molecule has 0 radical (unpaired) electrons. The van der Waals surface area contributed by atoms with Crippen molar-refractivity contribution in [2.45, 2.75) is 201 Å². The average Bonchev–Trinajstić information content (AvgIpc) is 3.07. The van der Waals surface area contributed by atoms with Crippen LogP contribution in [0.1, 0.15) is 177 Å². The highest BCUT2D eigenvalue weighted by Gasteiger charge is 2.20. The fourth-order valence-electron chi connectivity index (χ4n) is 5.77. The predicted octanol–water partition coefficient (Wildman–Crippen LogP) is 3.24. The number of hydrogen-bond acceptors (Lipinski definition) is 28. The number of rotatable bonds is 38. The summed E-state index contributed by atoms with van der Waals surface area (Å²) in [6.45, 7) is 12.9. The zero-order chi connectivity index (χ0) is 72.9. The van der Waals surface area contributed by atoms with Crippen molar-refractivity contribution < 1.29 is 150 Å². The number of ether oxygens (including phenoxy) is 10. The first-order valence-electron chi connectivity index (χ1n) is 30.0. The van der Waals surface area contributed by atoms with Crippen molar-refractivity contribution in [2.24, 2.45) is 11.5 Å². The quantitative estimate of drug-likeness (QED) is 0.0241. The topological polar surface area (TPSA) is 555 Å². The Morgan fingerprint density at radius 2 is 0.787 bits per heavy atom. The Hall–Kier alpha value is -8.96. The van der Waals surface area contributed by atoms with Gasteiger partial charge in [-0.3, -0.25) is 57.5 Å². The standard InChI is InChI=1S/C15H24O5.C11H19NO6.C10H17NO6.C9H15NO6.C7H13NO4.C6H11NO4/c1-12(16)6-5-11-19-14(17)9-10-15(18)20-13-7-3-2-4-8-13;1-11(2,3)18-10(16)12-7-9(15)17-6-4-5-8(13)14;1-7(2)17-10(15)11-6-9(14)16-5-3-4-8(12)13;1-2-15-9(14)10-6-8(13)16-5-3-4-7(11)12;1-5(8)7(11)12-4-2-3-6(9)10;7-4-6(10)11-3-1-2-5(8)9/h13H,2-11H2,1H3;4-7H2,1-3H3,(H,12,16)(H,13,14);7H,3-6H2,1-2H3,(H,11,15)(H,12,13);2-6H2,1H3,(H,10,14)(H,11,12);5H,2-4,8H2,1H3,(H,9,10);1-4,7H2,(H,8,9)/t;;;;5-;/m....0./s1. The minimum Gasteiger partial charge on any atom is -0.481 e. The molecule has 3 amide bonds. The summed E-state index contributed by atoms with van der Waals surface area (Å²) in [5.74, 6) is -8.17. The molecule has 1 fully saturated rings. The molecule has 1 saturated carbocycles. The molecule has 0 aromatic carbocycles. The number of carboxylic acids is 5. The first-order valence-corrected chi connectivity index (χ1v) is 30.0. The number of esters is 7. The minimum absolute atomic E-state index is 0.00618. The van der Waals surface area contributed by atoms with Gasteiger partial charge in [-0.15, -0.1) is 0 Å². The van der Waals surface area contributed by atoms with Crippen LogP contribution in [0, 0.1) is 0 Å². The third-order valence-electron chi connectivity index (χ3n) is 9.98. The van der Waals surface area contributed by atoms with E-state index in [1.54, 1.807) is 41.5 Å². The summed E-state index contributed by atoms with van der Waals surface area (Å²) in [6.07, 6.45) is 5.28. The summed E-state index contributed by atoms with van der Waals surface area (Å²) in [5.41, 5.74) is 9.48. The van der Waals surface area contributed by atoms with Crippen LogP contribution in [0.25, 0.3) is 0 Å². The van der Waals surface area contributed by atoms with E-state index in [4.69, 9.17) is 60.7 Å². The molecule has 1 aliphatic carbocycles. The highest BCUT2D eigenvalue weighted by Crippen LogP contribution is 2.21. The molecule has 12 N–H and O–H groups in total. The van der Waals surface area contributed by atoms with Crippen LogP contribution in [0.5, 0.6) is 0 Å². The normalized spacial score (nSPS) is 11.4. The van der Waals surface area contributed by atoms with Gasteiger partial charge in [-0.05, 0) is 120 Å². The number of aliphatic carboxylic acids is 5. The molecule has 94 heavy (non-hydrogen) atoms. The summed E-state index contributed by atoms with van der Waals surface area (Å²) in [7, 11) is 0. The summed E-state index contributed by atoms with van der Waals surface area (Å²) >= 11 is 0. The molecule has 0 aromatic heterocycles. The lowest BCUT2D eigenvalue weighted by Gasteiger charge is -2.21. The summed E-state index contributed by atoms with van der Waals surface area (Å²) in [4.78, 5) is 171. The molecule has 0 heterocycles. The van der Waals surface area contributed by atoms with Crippen LogP contribution >= 0.6 is 0 Å². The number of nitrogens with one attached hydrogen (secondary N) is 3. The van der Waals surface area contributed by atoms with E-state index in [-0.39, 0.29) is 161 Å². The Morgan fingerprint density at radius 1 is 0.447 bits per heavy atom. The van der Waals surface area contributed by atoms with Crippen LogP contribution in [-0.4, -0.2) is 218 Å². The largest absolute Gasteiger partial charge is 0.481 e. The summed E-state index contributed by atoms with van der Waals surface area (Å²) in [5, 5.41) is 48.0. The van der Waals surface area contributed by atoms with Crippen molar-refractivity contribution in [3.05, 3.63) is 0 Å². The molecule has 1 aliphatic rings. The number of nitrogens with two attached hydrogens (primary N) is 2. The second kappa shape index (κ2) is 61.5. The maximum Gasteiger partial charge on any atom is 0.408 e. The Morgan fingerprint density at radius 3 is 1.13 bits per heavy atom. The summed E-state index contributed by atoms with van der Waals surface area (Å²) < 4.78 is 47.6. The van der Waals surface area contributed by atoms with Gasteiger partial charge in [0.25, 0.3) is 0 Å². The van der Waals surface area contributed by atoms with Gasteiger partial charge < -0.3 is 105 Å². The molecule has 36 nitrogen and oxygen atoms in total. The first kappa shape index (κ1) is 93.8. The third-order valence-corrected chi connectivity index (χ3v) is 9.98. The van der Waals surface area contributed by atoms with E-state index in [0.29, 0.717) is 25.7 Å². The van der Waals surface area contributed by atoms with Crippen molar-refractivity contribution in [1.29, 1.82) is 0 Å². The monoisotopic (exact) mass is 1360 g/mol. The van der Waals surface area contributed by atoms with E-state index in [1.165, 1.54) is 20.3 Å². The molecule has 0 saturated heterocycles. The van der Waals surface area contributed by atoms with Gasteiger partial charge in [-0.2, -0.15) is 0 Å². The number of carbonyl (C=O) groups is 16. The zero-order valence-electron chi connectivity index (χ0n) is 55.0. The first-order chi connectivity index (χ1) is 44.0. The van der Waals surface area contributed by atoms with Crippen LogP contribution in [0.4, 0.5) is 14.4 Å². The number of amides is 3. The maximum atomic E-state index is 11.6. The highest BCUT2D eigenvalue weighted by atomic mass is 16.6. The zero-order valence-corrected chi connectivity index (χ0v) is 55.0. The molecule has 36 heteroatoms. The fraction of sp³-hybridized carbons (Fsp3) is 0.724. The molecule has 1 atom stereocenters. The second-order valence-electron chi connectivity index (χ2n) is 20.5. The lowest BCUT2D eigenvalue weighted by atomic mass is 9.98. The molecule has 0 bridgehead atoms. The van der Waals surface area contributed by atoms with Gasteiger partial charge in [-0.25, -0.2) is 14.4 Å². The van der Waals surface area contributed by atoms with Gasteiger partial charge in [-0.1, -0.05) is 6.42 Å². The lowest BCUT2D eigenvalue weighted by Crippen LogP contribution is -2.36. The van der Waals surface area contributed by atoms with E-state index in [1.807, 2.05) is 0 Å². The van der Waals surface area contributed by atoms with Gasteiger partial charge in [0.05, 0.1) is 71.7 Å². The van der Waals surface area contributed by atoms with E-state index in [2.05, 4.69) is 39.6 Å². The molecule has 1 rings (SSSR count). The number of ketones is 1. The number of carbonyl (C=O) groups excluding carboxylic acids is 11. The predicted molar refractivity (Wildman–Crippen MR) is 324 cm³/mol. The van der Waals surface area contributed by atoms with E-state index >= 15 is 0 Å². The molecular formula is C58H99N5O31. The van der Waals surface area contributed by atoms with E-state index in [9.17, 15) is 76.7 Å². The van der Waals surface area contributed by atoms with Crippen molar-refractivity contribution in [2.75, 3.05) is 72.4 Å². The SMILES string of the molecule is CC(=O)CCCOC(=O)CCC(=O)OC1CCCCC1.CC(C)(C)OC(=O)NCC(=O)OCCCC(=O)O.CC(C)OC(=O)NCC(=O)OCCCC(=O)O.CCOC(=O)NCC(=O)OCCCC(=O)O.C[C@H](N)C(=O)OCCCC(=O)O.NCC(=O)OCCCC(=O)O. The number of alkyl carbamates (subject to hydrolysis) is 3. The highest BCUT2D eigenvalue weighted by molar-refractivity contribution is 5.80. The van der Waals surface area contributed by atoms with Gasteiger partial charge in [0.1, 0.15) is 43.2 Å². The Bertz CT molecular complexity index is 2270. The Kier molecular flexibility index (Phi) is 61.4. The van der Waals surface area contributed by atoms with Crippen LogP contribution in [0.3, 0.4) is 0 Å². The van der Waals surface area contributed by atoms with Crippen LogP contribution in [0.15, 0.2) is 0 Å². The molecule has 0 aromatic rings. The molecular weight excluding hydrogens is 1260 g/mol. The lowest BCUT2D eigenvalue weighted by molar-refractivity contribution is -0.154. The molecule has 0 spiro atoms. The van der Waals surface area contributed by atoms with Gasteiger partial charge in [0.2, 0.25) is 0 Å². The maximum absolute atomic E-state index is 11.6. The third kappa shape index (κ3) is 81.1. The van der Waals surface area contributed by atoms with Gasteiger partial charge in [0, 0.05) is 38.5 Å². The van der Waals surface area contributed by atoms with Crippen LogP contribution in [0.2, 0.25) is 0 Å². The average molecular weight is 1360 g/mol. The second-order valence-corrected chi connectivity index (χ2v) is 20.5. The van der Waals surface area contributed by atoms with Gasteiger partial charge >= 0.3 is 89.9 Å². The smallest absolute Gasteiger partial charge is 0.408 e. The number of carboxylic acid groups (broad SMARTS) is 5. The number of hydrogen-bond donors (Lipinski definition) is 10. The number of Topliss-reactive ketones (excluding diaryl/α,β-unsaturated/α-hetero) is 1. The van der Waals surface area contributed by atoms with Crippen molar-refractivity contribution >= 4 is 95.7 Å². The Balaban J connectivity index is -0.000000341. The van der Waals surface area contributed by atoms with E-state index < -0.39 is 95.6 Å².